The van der Waals surface area contributed by atoms with Crippen molar-refractivity contribution in [3.05, 3.63) is 47.8 Å². The molecule has 1 saturated carbocycles. The molecule has 1 unspecified atom stereocenters. The van der Waals surface area contributed by atoms with E-state index in [0.29, 0.717) is 6.54 Å². The Bertz CT molecular complexity index is 543. The van der Waals surface area contributed by atoms with Crippen molar-refractivity contribution in [3.8, 4) is 0 Å². The molecule has 1 fully saturated rings. The van der Waals surface area contributed by atoms with Gasteiger partial charge in [0.05, 0.1) is 0 Å². The Balaban J connectivity index is 1.68. The normalized spacial score (nSPS) is 23.4. The minimum atomic E-state index is -0.199. The van der Waals surface area contributed by atoms with E-state index in [1.807, 2.05) is 12.1 Å². The summed E-state index contributed by atoms with van der Waals surface area (Å²) in [6.07, 6.45) is 11.6. The Labute approximate surface area is 131 Å². The molecule has 0 saturated heterocycles. The van der Waals surface area contributed by atoms with Crippen LogP contribution in [0.3, 0.4) is 0 Å². The predicted octanol–water partition coefficient (Wildman–Crippen LogP) is 4.11. The summed E-state index contributed by atoms with van der Waals surface area (Å²) in [4.78, 5) is 12.4. The molecule has 1 atom stereocenters. The molecular formula is C19H24FNO. The number of hydrogen-bond acceptors (Lipinski definition) is 1. The molecule has 0 aliphatic heterocycles. The van der Waals surface area contributed by atoms with Crippen molar-refractivity contribution in [2.75, 3.05) is 6.54 Å². The standard InChI is InChI=1S/C19H24FNO/c20-17-10-8-16(9-11-17)19(12-4-5-13-19)14-21-18(22)15-6-2-1-3-7-15/h1-2,8-11,15H,3-7,12-14H2,(H,21,22). The van der Waals surface area contributed by atoms with Gasteiger partial charge < -0.3 is 5.32 Å². The van der Waals surface area contributed by atoms with Gasteiger partial charge in [0.25, 0.3) is 0 Å². The average molecular weight is 301 g/mol. The molecule has 0 heterocycles. The van der Waals surface area contributed by atoms with E-state index in [1.54, 1.807) is 0 Å². The van der Waals surface area contributed by atoms with Crippen LogP contribution in [0.5, 0.6) is 0 Å². The van der Waals surface area contributed by atoms with E-state index in [-0.39, 0.29) is 23.1 Å². The second kappa shape index (κ2) is 6.64. The highest BCUT2D eigenvalue weighted by molar-refractivity contribution is 5.79. The lowest BCUT2D eigenvalue weighted by Gasteiger charge is -2.31. The number of allylic oxidation sites excluding steroid dienone is 2. The molecule has 1 aromatic rings. The molecule has 2 nitrogen and oxygen atoms in total. The number of nitrogens with one attached hydrogen (secondary N) is 1. The Morgan fingerprint density at radius 3 is 2.55 bits per heavy atom. The van der Waals surface area contributed by atoms with Gasteiger partial charge in [-0.05, 0) is 49.8 Å². The lowest BCUT2D eigenvalue weighted by molar-refractivity contribution is -0.125. The molecule has 0 bridgehead atoms. The van der Waals surface area contributed by atoms with Gasteiger partial charge >= 0.3 is 0 Å². The van der Waals surface area contributed by atoms with Crippen LogP contribution < -0.4 is 5.32 Å². The molecule has 1 amide bonds. The number of benzene rings is 1. The lowest BCUT2D eigenvalue weighted by Crippen LogP contribution is -2.41. The maximum Gasteiger partial charge on any atom is 0.223 e. The molecule has 3 rings (SSSR count). The Morgan fingerprint density at radius 2 is 1.91 bits per heavy atom. The monoisotopic (exact) mass is 301 g/mol. The van der Waals surface area contributed by atoms with Crippen LogP contribution in [-0.2, 0) is 10.2 Å². The second-order valence-electron chi connectivity index (χ2n) is 6.69. The van der Waals surface area contributed by atoms with Crippen molar-refractivity contribution >= 4 is 5.91 Å². The van der Waals surface area contributed by atoms with E-state index in [0.717, 1.165) is 37.7 Å². The van der Waals surface area contributed by atoms with Crippen LogP contribution in [0, 0.1) is 11.7 Å². The summed E-state index contributed by atoms with van der Waals surface area (Å²) in [5.74, 6) is 0.101. The van der Waals surface area contributed by atoms with Crippen LogP contribution in [0.25, 0.3) is 0 Å². The first-order valence-electron chi connectivity index (χ1n) is 8.38. The first-order chi connectivity index (χ1) is 10.7. The molecular weight excluding hydrogens is 277 g/mol. The predicted molar refractivity (Wildman–Crippen MR) is 86.0 cm³/mol. The van der Waals surface area contributed by atoms with E-state index in [9.17, 15) is 9.18 Å². The number of halogens is 1. The van der Waals surface area contributed by atoms with Crippen LogP contribution in [0.15, 0.2) is 36.4 Å². The summed E-state index contributed by atoms with van der Waals surface area (Å²) in [7, 11) is 0. The topological polar surface area (TPSA) is 29.1 Å². The molecule has 0 aromatic heterocycles. The summed E-state index contributed by atoms with van der Waals surface area (Å²) in [5.41, 5.74) is 1.16. The number of amides is 1. The van der Waals surface area contributed by atoms with Crippen LogP contribution >= 0.6 is 0 Å². The van der Waals surface area contributed by atoms with E-state index in [4.69, 9.17) is 0 Å². The summed E-state index contributed by atoms with van der Waals surface area (Å²) < 4.78 is 13.2. The van der Waals surface area contributed by atoms with Crippen molar-refractivity contribution in [2.45, 2.75) is 50.4 Å². The largest absolute Gasteiger partial charge is 0.355 e. The zero-order chi connectivity index (χ0) is 15.4. The molecule has 0 spiro atoms. The van der Waals surface area contributed by atoms with Crippen molar-refractivity contribution in [1.29, 1.82) is 0 Å². The van der Waals surface area contributed by atoms with Gasteiger partial charge in [0.1, 0.15) is 5.82 Å². The van der Waals surface area contributed by atoms with Crippen LogP contribution in [-0.4, -0.2) is 12.5 Å². The number of carbonyl (C=O) groups excluding carboxylic acids is 1. The van der Waals surface area contributed by atoms with Crippen molar-refractivity contribution in [2.24, 2.45) is 5.92 Å². The highest BCUT2D eigenvalue weighted by atomic mass is 19.1. The molecule has 1 N–H and O–H groups in total. The molecule has 1 aromatic carbocycles. The van der Waals surface area contributed by atoms with Crippen LogP contribution in [0.4, 0.5) is 4.39 Å². The van der Waals surface area contributed by atoms with E-state index in [1.165, 1.54) is 25.0 Å². The van der Waals surface area contributed by atoms with Gasteiger partial charge in [-0.3, -0.25) is 4.79 Å². The van der Waals surface area contributed by atoms with Crippen molar-refractivity contribution < 1.29 is 9.18 Å². The van der Waals surface area contributed by atoms with Gasteiger partial charge in [-0.2, -0.15) is 0 Å². The average Bonchev–Trinajstić information content (AvgIpc) is 3.04. The van der Waals surface area contributed by atoms with Gasteiger partial charge in [0.15, 0.2) is 0 Å². The minimum absolute atomic E-state index is 0.00609. The maximum atomic E-state index is 13.2. The fourth-order valence-electron chi connectivity index (χ4n) is 3.86. The zero-order valence-corrected chi connectivity index (χ0v) is 13.0. The van der Waals surface area contributed by atoms with Crippen LogP contribution in [0.1, 0.15) is 50.5 Å². The molecule has 2 aliphatic rings. The quantitative estimate of drug-likeness (QED) is 0.833. The fraction of sp³-hybridized carbons (Fsp3) is 0.526. The number of carbonyl (C=O) groups is 1. The molecule has 3 heteroatoms. The summed E-state index contributed by atoms with van der Waals surface area (Å²) in [5, 5.41) is 3.18. The zero-order valence-electron chi connectivity index (χ0n) is 13.0. The molecule has 22 heavy (non-hydrogen) atoms. The molecule has 0 radical (unpaired) electrons. The van der Waals surface area contributed by atoms with Crippen LogP contribution in [0.2, 0.25) is 0 Å². The molecule has 118 valence electrons. The highest BCUT2D eigenvalue weighted by Crippen LogP contribution is 2.40. The third-order valence-electron chi connectivity index (χ3n) is 5.26. The number of rotatable bonds is 4. The van der Waals surface area contributed by atoms with E-state index >= 15 is 0 Å². The second-order valence-corrected chi connectivity index (χ2v) is 6.69. The Morgan fingerprint density at radius 1 is 1.18 bits per heavy atom. The lowest BCUT2D eigenvalue weighted by atomic mass is 9.78. The fourth-order valence-corrected chi connectivity index (χ4v) is 3.86. The first kappa shape index (κ1) is 15.3. The third kappa shape index (κ3) is 3.23. The van der Waals surface area contributed by atoms with Gasteiger partial charge in [0, 0.05) is 17.9 Å². The number of hydrogen-bond donors (Lipinski definition) is 1. The third-order valence-corrected chi connectivity index (χ3v) is 5.26. The highest BCUT2D eigenvalue weighted by Gasteiger charge is 2.36. The van der Waals surface area contributed by atoms with Gasteiger partial charge in [0.2, 0.25) is 5.91 Å². The SMILES string of the molecule is O=C(NCC1(c2ccc(F)cc2)CCCC1)C1CC=CCC1. The first-order valence-corrected chi connectivity index (χ1v) is 8.38. The van der Waals surface area contributed by atoms with Gasteiger partial charge in [-0.15, -0.1) is 0 Å². The smallest absolute Gasteiger partial charge is 0.223 e. The summed E-state index contributed by atoms with van der Waals surface area (Å²) >= 11 is 0. The van der Waals surface area contributed by atoms with Gasteiger partial charge in [-0.25, -0.2) is 4.39 Å². The Hall–Kier alpha value is -1.64. The Kier molecular flexibility index (Phi) is 4.60. The van der Waals surface area contributed by atoms with E-state index in [2.05, 4.69) is 17.5 Å². The van der Waals surface area contributed by atoms with Crippen molar-refractivity contribution in [3.63, 3.8) is 0 Å². The van der Waals surface area contributed by atoms with Crippen molar-refractivity contribution in [1.82, 2.24) is 5.32 Å². The summed E-state index contributed by atoms with van der Waals surface area (Å²) in [6.45, 7) is 0.678. The maximum absolute atomic E-state index is 13.2. The van der Waals surface area contributed by atoms with E-state index < -0.39 is 0 Å². The molecule has 2 aliphatic carbocycles. The summed E-state index contributed by atoms with van der Waals surface area (Å²) in [6, 6.07) is 6.83. The minimum Gasteiger partial charge on any atom is -0.355 e. The van der Waals surface area contributed by atoms with Gasteiger partial charge in [-0.1, -0.05) is 37.1 Å².